The highest BCUT2D eigenvalue weighted by Gasteiger charge is 2.25. The summed E-state index contributed by atoms with van der Waals surface area (Å²) < 4.78 is 0. The molecule has 0 saturated heterocycles. The molecule has 138 valence electrons. The van der Waals surface area contributed by atoms with E-state index in [2.05, 4.69) is 5.32 Å². The fourth-order valence-electron chi connectivity index (χ4n) is 2.78. The Kier molecular flexibility index (Phi) is 7.67. The van der Waals surface area contributed by atoms with Crippen LogP contribution in [0.4, 0.5) is 0 Å². The summed E-state index contributed by atoms with van der Waals surface area (Å²) in [6.45, 7) is 4.51. The molecule has 2 amide bonds. The van der Waals surface area contributed by atoms with Crippen molar-refractivity contribution in [3.63, 3.8) is 0 Å². The molecule has 4 nitrogen and oxygen atoms in total. The SMILES string of the molecule is CCNC(=O)[C@H](C)N(Cc1cccc(Cl)c1)C(=O)CCc1ccccc1. The fraction of sp³-hybridized carbons (Fsp3) is 0.333. The summed E-state index contributed by atoms with van der Waals surface area (Å²) >= 11 is 6.06. The molecule has 0 radical (unpaired) electrons. The average molecular weight is 373 g/mol. The number of amides is 2. The van der Waals surface area contributed by atoms with Gasteiger partial charge in [0.1, 0.15) is 6.04 Å². The number of halogens is 1. The Balaban J connectivity index is 2.12. The van der Waals surface area contributed by atoms with Crippen molar-refractivity contribution in [2.24, 2.45) is 0 Å². The first-order chi connectivity index (χ1) is 12.5. The van der Waals surface area contributed by atoms with Crippen molar-refractivity contribution in [2.45, 2.75) is 39.3 Å². The minimum Gasteiger partial charge on any atom is -0.355 e. The lowest BCUT2D eigenvalue weighted by atomic mass is 10.1. The maximum atomic E-state index is 12.9. The molecular weight excluding hydrogens is 348 g/mol. The van der Waals surface area contributed by atoms with E-state index in [9.17, 15) is 9.59 Å². The van der Waals surface area contributed by atoms with Gasteiger partial charge in [-0.05, 0) is 43.5 Å². The molecule has 0 fully saturated rings. The van der Waals surface area contributed by atoms with Gasteiger partial charge in [0, 0.05) is 24.5 Å². The zero-order valence-corrected chi connectivity index (χ0v) is 16.0. The zero-order chi connectivity index (χ0) is 18.9. The molecule has 2 aromatic rings. The topological polar surface area (TPSA) is 49.4 Å². The third-order valence-corrected chi connectivity index (χ3v) is 4.47. The smallest absolute Gasteiger partial charge is 0.242 e. The van der Waals surface area contributed by atoms with Crippen LogP contribution in [0.5, 0.6) is 0 Å². The Morgan fingerprint density at radius 2 is 1.77 bits per heavy atom. The molecule has 0 aliphatic rings. The Hall–Kier alpha value is -2.33. The van der Waals surface area contributed by atoms with Crippen molar-refractivity contribution in [1.29, 1.82) is 0 Å². The second-order valence-electron chi connectivity index (χ2n) is 6.21. The number of benzene rings is 2. The number of hydrogen-bond acceptors (Lipinski definition) is 2. The lowest BCUT2D eigenvalue weighted by Gasteiger charge is -2.29. The molecular formula is C21H25ClN2O2. The predicted octanol–water partition coefficient (Wildman–Crippen LogP) is 3.83. The second kappa shape index (κ2) is 9.97. The Bertz CT molecular complexity index is 734. The highest BCUT2D eigenvalue weighted by molar-refractivity contribution is 6.30. The maximum Gasteiger partial charge on any atom is 0.242 e. The number of rotatable bonds is 8. The summed E-state index contributed by atoms with van der Waals surface area (Å²) in [6.07, 6.45) is 1.00. The van der Waals surface area contributed by atoms with Crippen LogP contribution in [0.2, 0.25) is 5.02 Å². The average Bonchev–Trinajstić information content (AvgIpc) is 2.64. The number of hydrogen-bond donors (Lipinski definition) is 1. The second-order valence-corrected chi connectivity index (χ2v) is 6.64. The number of likely N-dealkylation sites (N-methyl/N-ethyl adjacent to an activating group) is 1. The van der Waals surface area contributed by atoms with Crippen LogP contribution in [0.3, 0.4) is 0 Å². The van der Waals surface area contributed by atoms with Gasteiger partial charge in [-0.1, -0.05) is 54.1 Å². The Labute approximate surface area is 160 Å². The first-order valence-electron chi connectivity index (χ1n) is 8.86. The number of nitrogens with one attached hydrogen (secondary N) is 1. The molecule has 0 saturated carbocycles. The molecule has 5 heteroatoms. The predicted molar refractivity (Wildman–Crippen MR) is 105 cm³/mol. The summed E-state index contributed by atoms with van der Waals surface area (Å²) in [5, 5.41) is 3.41. The Morgan fingerprint density at radius 1 is 1.08 bits per heavy atom. The summed E-state index contributed by atoms with van der Waals surface area (Å²) in [6, 6.07) is 16.7. The molecule has 2 aromatic carbocycles. The molecule has 0 aliphatic carbocycles. The van der Waals surface area contributed by atoms with Gasteiger partial charge >= 0.3 is 0 Å². The van der Waals surface area contributed by atoms with Crippen molar-refractivity contribution in [1.82, 2.24) is 10.2 Å². The fourth-order valence-corrected chi connectivity index (χ4v) is 2.99. The van der Waals surface area contributed by atoms with Gasteiger partial charge in [0.05, 0.1) is 0 Å². The van der Waals surface area contributed by atoms with Crippen LogP contribution < -0.4 is 5.32 Å². The molecule has 1 N–H and O–H groups in total. The maximum absolute atomic E-state index is 12.9. The molecule has 0 aliphatic heterocycles. The van der Waals surface area contributed by atoms with E-state index < -0.39 is 6.04 Å². The number of aryl methyl sites for hydroxylation is 1. The third kappa shape index (κ3) is 5.88. The molecule has 26 heavy (non-hydrogen) atoms. The molecule has 1 atom stereocenters. The minimum absolute atomic E-state index is 0.0485. The van der Waals surface area contributed by atoms with Crippen molar-refractivity contribution in [3.05, 3.63) is 70.7 Å². The van der Waals surface area contributed by atoms with E-state index in [0.717, 1.165) is 11.1 Å². The normalized spacial score (nSPS) is 11.7. The van der Waals surface area contributed by atoms with E-state index in [4.69, 9.17) is 11.6 Å². The standard InChI is InChI=1S/C21H25ClN2O2/c1-3-23-21(26)16(2)24(15-18-10-7-11-19(22)14-18)20(25)13-12-17-8-5-4-6-9-17/h4-11,14,16H,3,12-13,15H2,1-2H3,(H,23,26)/t16-/m0/s1. The number of carbonyl (C=O) groups is 2. The number of carbonyl (C=O) groups excluding carboxylic acids is 2. The van der Waals surface area contributed by atoms with Gasteiger partial charge in [-0.25, -0.2) is 0 Å². The lowest BCUT2D eigenvalue weighted by molar-refractivity contribution is -0.140. The molecule has 0 unspecified atom stereocenters. The van der Waals surface area contributed by atoms with Crippen LogP contribution in [0.15, 0.2) is 54.6 Å². The molecule has 0 bridgehead atoms. The van der Waals surface area contributed by atoms with Crippen LogP contribution in [-0.4, -0.2) is 29.3 Å². The van der Waals surface area contributed by atoms with Crippen LogP contribution in [0, 0.1) is 0 Å². The van der Waals surface area contributed by atoms with Crippen molar-refractivity contribution in [2.75, 3.05) is 6.54 Å². The quantitative estimate of drug-likeness (QED) is 0.765. The van der Waals surface area contributed by atoms with Gasteiger partial charge < -0.3 is 10.2 Å². The van der Waals surface area contributed by atoms with Gasteiger partial charge in [-0.2, -0.15) is 0 Å². The summed E-state index contributed by atoms with van der Waals surface area (Å²) in [7, 11) is 0. The van der Waals surface area contributed by atoms with E-state index in [1.165, 1.54) is 0 Å². The molecule has 0 heterocycles. The Morgan fingerprint density at radius 3 is 2.42 bits per heavy atom. The van der Waals surface area contributed by atoms with Gasteiger partial charge in [0.25, 0.3) is 0 Å². The molecule has 0 aromatic heterocycles. The number of nitrogens with zero attached hydrogens (tertiary/aromatic N) is 1. The monoisotopic (exact) mass is 372 g/mol. The zero-order valence-electron chi connectivity index (χ0n) is 15.2. The van der Waals surface area contributed by atoms with Gasteiger partial charge in [-0.15, -0.1) is 0 Å². The van der Waals surface area contributed by atoms with Gasteiger partial charge in [0.2, 0.25) is 11.8 Å². The summed E-state index contributed by atoms with van der Waals surface area (Å²) in [4.78, 5) is 26.8. The van der Waals surface area contributed by atoms with E-state index >= 15 is 0 Å². The van der Waals surface area contributed by atoms with E-state index in [1.807, 2.05) is 55.5 Å². The summed E-state index contributed by atoms with van der Waals surface area (Å²) in [5.41, 5.74) is 2.01. The van der Waals surface area contributed by atoms with Crippen molar-refractivity contribution < 1.29 is 9.59 Å². The molecule has 0 spiro atoms. The molecule has 2 rings (SSSR count). The third-order valence-electron chi connectivity index (χ3n) is 4.23. The van der Waals surface area contributed by atoms with Crippen LogP contribution in [0.25, 0.3) is 0 Å². The first-order valence-corrected chi connectivity index (χ1v) is 9.24. The van der Waals surface area contributed by atoms with E-state index in [0.29, 0.717) is 31.0 Å². The van der Waals surface area contributed by atoms with Crippen molar-refractivity contribution in [3.8, 4) is 0 Å². The van der Waals surface area contributed by atoms with Gasteiger partial charge in [-0.3, -0.25) is 9.59 Å². The van der Waals surface area contributed by atoms with Crippen molar-refractivity contribution >= 4 is 23.4 Å². The highest BCUT2D eigenvalue weighted by atomic mass is 35.5. The van der Waals surface area contributed by atoms with Crippen LogP contribution >= 0.6 is 11.6 Å². The summed E-state index contributed by atoms with van der Waals surface area (Å²) in [5.74, 6) is -0.199. The largest absolute Gasteiger partial charge is 0.355 e. The van der Waals surface area contributed by atoms with E-state index in [-0.39, 0.29) is 11.8 Å². The van der Waals surface area contributed by atoms with Crippen LogP contribution in [-0.2, 0) is 22.6 Å². The lowest BCUT2D eigenvalue weighted by Crippen LogP contribution is -2.47. The first kappa shape index (κ1) is 20.0. The van der Waals surface area contributed by atoms with Gasteiger partial charge in [0.15, 0.2) is 0 Å². The van der Waals surface area contributed by atoms with Crippen LogP contribution in [0.1, 0.15) is 31.4 Å². The van der Waals surface area contributed by atoms with E-state index in [1.54, 1.807) is 17.9 Å². The highest BCUT2D eigenvalue weighted by Crippen LogP contribution is 2.16. The minimum atomic E-state index is -0.544.